The Morgan fingerprint density at radius 1 is 1.29 bits per heavy atom. The molecule has 8 heteroatoms. The molecule has 0 heterocycles. The first kappa shape index (κ1) is 17.4. The summed E-state index contributed by atoms with van der Waals surface area (Å²) in [5, 5.41) is 8.61. The van der Waals surface area contributed by atoms with Crippen LogP contribution in [0.4, 0.5) is 0 Å². The average Bonchev–Trinajstić information content (AvgIpc) is 2.44. The molecule has 21 heavy (non-hydrogen) atoms. The lowest BCUT2D eigenvalue weighted by molar-refractivity contribution is -0.137. The molecule has 0 aliphatic carbocycles. The maximum Gasteiger partial charge on any atom is 0.304 e. The van der Waals surface area contributed by atoms with Gasteiger partial charge in [-0.05, 0) is 17.7 Å². The van der Waals surface area contributed by atoms with E-state index in [-0.39, 0.29) is 19.5 Å². The van der Waals surface area contributed by atoms with Crippen molar-refractivity contribution in [3.8, 4) is 5.75 Å². The topological polar surface area (TPSA) is 87.2 Å². The van der Waals surface area contributed by atoms with Crippen LogP contribution < -0.4 is 4.74 Å². The number of methoxy groups -OCH3 is 1. The second kappa shape index (κ2) is 7.39. The molecule has 0 amide bonds. The summed E-state index contributed by atoms with van der Waals surface area (Å²) in [7, 11) is 0.663. The molecule has 0 aliphatic rings. The van der Waals surface area contributed by atoms with Gasteiger partial charge in [-0.15, -0.1) is 0 Å². The molecule has 0 saturated carbocycles. The van der Waals surface area contributed by atoms with E-state index < -0.39 is 16.2 Å². The first-order chi connectivity index (χ1) is 9.77. The fraction of sp³-hybridized carbons (Fsp3) is 0.462. The minimum Gasteiger partial charge on any atom is -0.497 e. The number of rotatable bonds is 8. The lowest BCUT2D eigenvalue weighted by Crippen LogP contribution is -2.40. The summed E-state index contributed by atoms with van der Waals surface area (Å²) in [4.78, 5) is 10.5. The van der Waals surface area contributed by atoms with E-state index in [1.165, 1.54) is 18.4 Å². The Morgan fingerprint density at radius 3 is 2.52 bits per heavy atom. The Balaban J connectivity index is 2.76. The number of aliphatic carboxylic acids is 1. The maximum absolute atomic E-state index is 12.2. The molecule has 118 valence electrons. The van der Waals surface area contributed by atoms with E-state index >= 15 is 0 Å². The maximum atomic E-state index is 12.2. The summed E-state index contributed by atoms with van der Waals surface area (Å²) in [6.45, 7) is 0.108. The predicted molar refractivity (Wildman–Crippen MR) is 78.3 cm³/mol. The quantitative estimate of drug-likeness (QED) is 0.766. The molecular weight excluding hydrogens is 296 g/mol. The van der Waals surface area contributed by atoms with Crippen LogP contribution in [0.15, 0.2) is 24.3 Å². The van der Waals surface area contributed by atoms with E-state index in [2.05, 4.69) is 0 Å². The molecule has 1 rings (SSSR count). The van der Waals surface area contributed by atoms with Crippen LogP contribution in [0.2, 0.25) is 0 Å². The van der Waals surface area contributed by atoms with Gasteiger partial charge in [0.15, 0.2) is 0 Å². The third-order valence-corrected chi connectivity index (χ3v) is 4.85. The smallest absolute Gasteiger partial charge is 0.304 e. The third kappa shape index (κ3) is 5.00. The van der Waals surface area contributed by atoms with Crippen molar-refractivity contribution in [3.63, 3.8) is 0 Å². The molecule has 1 aromatic rings. The molecule has 1 N–H and O–H groups in total. The van der Waals surface area contributed by atoms with Gasteiger partial charge in [0.25, 0.3) is 10.2 Å². The van der Waals surface area contributed by atoms with E-state index in [0.29, 0.717) is 5.75 Å². The van der Waals surface area contributed by atoms with Crippen molar-refractivity contribution in [3.05, 3.63) is 29.8 Å². The van der Waals surface area contributed by atoms with Gasteiger partial charge in [0.1, 0.15) is 5.75 Å². The SMILES string of the molecule is COc1cccc(CN(C)S(=O)(=O)N(C)CCC(=O)O)c1. The van der Waals surface area contributed by atoms with Gasteiger partial charge in [0.2, 0.25) is 0 Å². The van der Waals surface area contributed by atoms with Crippen molar-refractivity contribution in [1.82, 2.24) is 8.61 Å². The first-order valence-electron chi connectivity index (χ1n) is 6.29. The van der Waals surface area contributed by atoms with Gasteiger partial charge in [-0.2, -0.15) is 17.0 Å². The molecule has 0 bridgehead atoms. The van der Waals surface area contributed by atoms with E-state index in [1.807, 2.05) is 0 Å². The van der Waals surface area contributed by atoms with Gasteiger partial charge >= 0.3 is 5.97 Å². The largest absolute Gasteiger partial charge is 0.497 e. The van der Waals surface area contributed by atoms with E-state index in [4.69, 9.17) is 9.84 Å². The lowest BCUT2D eigenvalue weighted by atomic mass is 10.2. The molecule has 0 fully saturated rings. The van der Waals surface area contributed by atoms with Gasteiger partial charge in [-0.25, -0.2) is 0 Å². The standard InChI is InChI=1S/C13H20N2O5S/c1-14(8-7-13(16)17)21(18,19)15(2)10-11-5-4-6-12(9-11)20-3/h4-6,9H,7-8,10H2,1-3H3,(H,16,17). The van der Waals surface area contributed by atoms with Gasteiger partial charge in [0, 0.05) is 27.2 Å². The predicted octanol–water partition coefficient (Wildman–Crippen LogP) is 0.778. The van der Waals surface area contributed by atoms with Crippen molar-refractivity contribution in [2.45, 2.75) is 13.0 Å². The van der Waals surface area contributed by atoms with Crippen LogP contribution in [0.5, 0.6) is 5.75 Å². The average molecular weight is 316 g/mol. The minimum absolute atomic E-state index is 0.0693. The number of carboxylic acid groups (broad SMARTS) is 1. The van der Waals surface area contributed by atoms with Crippen molar-refractivity contribution in [2.75, 3.05) is 27.7 Å². The molecule has 7 nitrogen and oxygen atoms in total. The second-order valence-electron chi connectivity index (χ2n) is 4.58. The third-order valence-electron chi connectivity index (χ3n) is 2.97. The number of carboxylic acids is 1. The minimum atomic E-state index is -3.69. The van der Waals surface area contributed by atoms with Crippen LogP contribution in [-0.4, -0.2) is 55.9 Å². The normalized spacial score (nSPS) is 11.9. The molecule has 0 radical (unpaired) electrons. The zero-order valence-electron chi connectivity index (χ0n) is 12.3. The van der Waals surface area contributed by atoms with Crippen molar-refractivity contribution < 1.29 is 23.1 Å². The zero-order chi connectivity index (χ0) is 16.0. The van der Waals surface area contributed by atoms with E-state index in [0.717, 1.165) is 9.87 Å². The molecular formula is C13H20N2O5S. The number of hydrogen-bond donors (Lipinski definition) is 1. The van der Waals surface area contributed by atoms with Crippen molar-refractivity contribution in [2.24, 2.45) is 0 Å². The van der Waals surface area contributed by atoms with Gasteiger partial charge < -0.3 is 9.84 Å². The van der Waals surface area contributed by atoms with Crippen LogP contribution >= 0.6 is 0 Å². The molecule has 0 aliphatic heterocycles. The van der Waals surface area contributed by atoms with Crippen LogP contribution in [0.25, 0.3) is 0 Å². The van der Waals surface area contributed by atoms with Crippen LogP contribution in [0, 0.1) is 0 Å². The summed E-state index contributed by atoms with van der Waals surface area (Å²) in [6, 6.07) is 7.11. The highest BCUT2D eigenvalue weighted by Crippen LogP contribution is 2.16. The molecule has 0 spiro atoms. The van der Waals surface area contributed by atoms with E-state index in [1.54, 1.807) is 31.4 Å². The highest BCUT2D eigenvalue weighted by atomic mass is 32.2. The molecule has 0 aromatic heterocycles. The van der Waals surface area contributed by atoms with Crippen molar-refractivity contribution >= 4 is 16.2 Å². The first-order valence-corrected chi connectivity index (χ1v) is 7.69. The summed E-state index contributed by atoms with van der Waals surface area (Å²) in [5.74, 6) is -0.384. The Labute approximate surface area is 124 Å². The highest BCUT2D eigenvalue weighted by Gasteiger charge is 2.24. The summed E-state index contributed by atoms with van der Waals surface area (Å²) in [5.41, 5.74) is 0.784. The summed E-state index contributed by atoms with van der Waals surface area (Å²) < 4.78 is 31.7. The van der Waals surface area contributed by atoms with Gasteiger partial charge in [0.05, 0.1) is 13.5 Å². The molecule has 0 saturated heterocycles. The molecule has 1 aromatic carbocycles. The Kier molecular flexibility index (Phi) is 6.13. The zero-order valence-corrected chi connectivity index (χ0v) is 13.1. The lowest BCUT2D eigenvalue weighted by Gasteiger charge is -2.24. The van der Waals surface area contributed by atoms with Gasteiger partial charge in [-0.1, -0.05) is 12.1 Å². The fourth-order valence-electron chi connectivity index (χ4n) is 1.72. The Hall–Kier alpha value is -1.64. The molecule has 0 atom stereocenters. The van der Waals surface area contributed by atoms with Crippen LogP contribution in [0.1, 0.15) is 12.0 Å². The number of benzene rings is 1. The van der Waals surface area contributed by atoms with E-state index in [9.17, 15) is 13.2 Å². The van der Waals surface area contributed by atoms with Gasteiger partial charge in [-0.3, -0.25) is 4.79 Å². The van der Waals surface area contributed by atoms with Crippen LogP contribution in [-0.2, 0) is 21.5 Å². The fourth-order valence-corrected chi connectivity index (χ4v) is 2.83. The number of carbonyl (C=O) groups is 1. The second-order valence-corrected chi connectivity index (χ2v) is 6.72. The van der Waals surface area contributed by atoms with Crippen molar-refractivity contribution in [1.29, 1.82) is 0 Å². The summed E-state index contributed by atoms with van der Waals surface area (Å²) >= 11 is 0. The monoisotopic (exact) mass is 316 g/mol. The number of nitrogens with zero attached hydrogens (tertiary/aromatic N) is 2. The number of hydrogen-bond acceptors (Lipinski definition) is 4. The molecule has 0 unspecified atom stereocenters. The number of ether oxygens (including phenoxy) is 1. The van der Waals surface area contributed by atoms with Crippen LogP contribution in [0.3, 0.4) is 0 Å². The highest BCUT2D eigenvalue weighted by molar-refractivity contribution is 7.86. The Morgan fingerprint density at radius 2 is 1.95 bits per heavy atom. The Bertz CT molecular complexity index is 588. The summed E-state index contributed by atoms with van der Waals surface area (Å²) in [6.07, 6.45) is -0.233.